The standard InChI is InChI=1S/C12H17N3O2/c1-8(13)12(17)15(2)7-9-3-5-10(6-4-9)11(14)16/h3-6,8H,7,13H2,1-2H3,(H2,14,16)/t8-/m0/s1. The number of hydrogen-bond acceptors (Lipinski definition) is 3. The van der Waals surface area contributed by atoms with Crippen LogP contribution in [-0.4, -0.2) is 29.8 Å². The summed E-state index contributed by atoms with van der Waals surface area (Å²) in [5.74, 6) is -0.583. The Bertz CT molecular complexity index is 412. The van der Waals surface area contributed by atoms with Gasteiger partial charge in [-0.2, -0.15) is 0 Å². The van der Waals surface area contributed by atoms with Gasteiger partial charge in [-0.3, -0.25) is 9.59 Å². The minimum absolute atomic E-state index is 0.121. The topological polar surface area (TPSA) is 89.4 Å². The molecule has 1 aromatic rings. The van der Waals surface area contributed by atoms with Crippen LogP contribution in [0, 0.1) is 0 Å². The molecule has 0 bridgehead atoms. The number of carbonyl (C=O) groups is 2. The van der Waals surface area contributed by atoms with E-state index in [1.165, 1.54) is 0 Å². The molecule has 5 heteroatoms. The van der Waals surface area contributed by atoms with Crippen LogP contribution < -0.4 is 11.5 Å². The second-order valence-electron chi connectivity index (χ2n) is 4.04. The fourth-order valence-electron chi connectivity index (χ4n) is 1.47. The van der Waals surface area contributed by atoms with E-state index in [0.717, 1.165) is 5.56 Å². The monoisotopic (exact) mass is 235 g/mol. The maximum absolute atomic E-state index is 11.5. The molecule has 92 valence electrons. The molecule has 0 aliphatic carbocycles. The second kappa shape index (κ2) is 5.45. The van der Waals surface area contributed by atoms with Gasteiger partial charge in [0.25, 0.3) is 0 Å². The maximum Gasteiger partial charge on any atom is 0.248 e. The molecular formula is C12H17N3O2. The average molecular weight is 235 g/mol. The van der Waals surface area contributed by atoms with Crippen LogP contribution in [0.2, 0.25) is 0 Å². The first-order valence-corrected chi connectivity index (χ1v) is 5.31. The van der Waals surface area contributed by atoms with Crippen LogP contribution in [-0.2, 0) is 11.3 Å². The zero-order valence-electron chi connectivity index (χ0n) is 10.0. The number of benzene rings is 1. The van der Waals surface area contributed by atoms with Gasteiger partial charge in [0, 0.05) is 19.2 Å². The lowest BCUT2D eigenvalue weighted by atomic mass is 10.1. The first kappa shape index (κ1) is 13.2. The number of hydrogen-bond donors (Lipinski definition) is 2. The van der Waals surface area contributed by atoms with E-state index in [0.29, 0.717) is 12.1 Å². The Hall–Kier alpha value is -1.88. The van der Waals surface area contributed by atoms with E-state index in [1.807, 2.05) is 0 Å². The molecule has 0 aliphatic heterocycles. The summed E-state index contributed by atoms with van der Waals surface area (Å²) in [6.07, 6.45) is 0. The molecule has 0 aromatic heterocycles. The Kier molecular flexibility index (Phi) is 4.23. The van der Waals surface area contributed by atoms with Gasteiger partial charge >= 0.3 is 0 Å². The van der Waals surface area contributed by atoms with Gasteiger partial charge in [-0.25, -0.2) is 0 Å². The van der Waals surface area contributed by atoms with E-state index >= 15 is 0 Å². The fraction of sp³-hybridized carbons (Fsp3) is 0.333. The Labute approximate surface area is 100 Å². The summed E-state index contributed by atoms with van der Waals surface area (Å²) >= 11 is 0. The van der Waals surface area contributed by atoms with Gasteiger partial charge in [0.1, 0.15) is 0 Å². The van der Waals surface area contributed by atoms with Crippen LogP contribution in [0.15, 0.2) is 24.3 Å². The number of carbonyl (C=O) groups excluding carboxylic acids is 2. The summed E-state index contributed by atoms with van der Waals surface area (Å²) in [4.78, 5) is 24.0. The highest BCUT2D eigenvalue weighted by Crippen LogP contribution is 2.07. The molecule has 4 N–H and O–H groups in total. The third kappa shape index (κ3) is 3.57. The first-order chi connectivity index (χ1) is 7.91. The molecule has 2 amide bonds. The van der Waals surface area contributed by atoms with E-state index in [-0.39, 0.29) is 5.91 Å². The largest absolute Gasteiger partial charge is 0.366 e. The average Bonchev–Trinajstić information content (AvgIpc) is 2.28. The second-order valence-corrected chi connectivity index (χ2v) is 4.04. The van der Waals surface area contributed by atoms with Crippen molar-refractivity contribution in [1.29, 1.82) is 0 Å². The molecule has 0 aliphatic rings. The van der Waals surface area contributed by atoms with Crippen molar-refractivity contribution in [2.45, 2.75) is 19.5 Å². The minimum Gasteiger partial charge on any atom is -0.366 e. The summed E-state index contributed by atoms with van der Waals surface area (Å²) in [7, 11) is 1.69. The Balaban J connectivity index is 2.69. The SMILES string of the molecule is C[C@H](N)C(=O)N(C)Cc1ccc(C(N)=O)cc1. The summed E-state index contributed by atoms with van der Waals surface area (Å²) < 4.78 is 0. The number of amides is 2. The third-order valence-electron chi connectivity index (χ3n) is 2.42. The van der Waals surface area contributed by atoms with Crippen molar-refractivity contribution >= 4 is 11.8 Å². The quantitative estimate of drug-likeness (QED) is 0.775. The molecule has 1 rings (SSSR count). The summed E-state index contributed by atoms with van der Waals surface area (Å²) in [5, 5.41) is 0. The molecule has 5 nitrogen and oxygen atoms in total. The highest BCUT2D eigenvalue weighted by atomic mass is 16.2. The van der Waals surface area contributed by atoms with E-state index in [2.05, 4.69) is 0 Å². The lowest BCUT2D eigenvalue weighted by Gasteiger charge is -2.19. The van der Waals surface area contributed by atoms with Gasteiger partial charge in [-0.1, -0.05) is 12.1 Å². The Morgan fingerprint density at radius 1 is 1.29 bits per heavy atom. The van der Waals surface area contributed by atoms with Crippen LogP contribution in [0.3, 0.4) is 0 Å². The van der Waals surface area contributed by atoms with Gasteiger partial charge in [0.05, 0.1) is 6.04 Å². The van der Waals surface area contributed by atoms with E-state index in [9.17, 15) is 9.59 Å². The summed E-state index contributed by atoms with van der Waals surface area (Å²) in [5.41, 5.74) is 12.0. The molecule has 17 heavy (non-hydrogen) atoms. The predicted octanol–water partition coefficient (Wildman–Crippen LogP) is 0.0911. The highest BCUT2D eigenvalue weighted by molar-refractivity contribution is 5.92. The molecule has 1 aromatic carbocycles. The van der Waals surface area contributed by atoms with Crippen LogP contribution >= 0.6 is 0 Å². The molecule has 0 heterocycles. The number of nitrogens with zero attached hydrogens (tertiary/aromatic N) is 1. The molecule has 0 saturated carbocycles. The highest BCUT2D eigenvalue weighted by Gasteiger charge is 2.13. The Morgan fingerprint density at radius 3 is 2.24 bits per heavy atom. The maximum atomic E-state index is 11.5. The number of likely N-dealkylation sites (N-methyl/N-ethyl adjacent to an activating group) is 1. The number of nitrogens with two attached hydrogens (primary N) is 2. The van der Waals surface area contributed by atoms with Gasteiger partial charge in [-0.05, 0) is 24.6 Å². The van der Waals surface area contributed by atoms with Crippen LogP contribution in [0.4, 0.5) is 0 Å². The van der Waals surface area contributed by atoms with Crippen molar-refractivity contribution in [3.8, 4) is 0 Å². The zero-order valence-corrected chi connectivity index (χ0v) is 10.0. The summed E-state index contributed by atoms with van der Waals surface area (Å²) in [6.45, 7) is 2.11. The fourth-order valence-corrected chi connectivity index (χ4v) is 1.47. The molecule has 0 spiro atoms. The lowest BCUT2D eigenvalue weighted by Crippen LogP contribution is -2.39. The molecule has 0 radical (unpaired) electrons. The molecule has 1 atom stereocenters. The predicted molar refractivity (Wildman–Crippen MR) is 65.1 cm³/mol. The Morgan fingerprint density at radius 2 is 1.82 bits per heavy atom. The molecule has 0 saturated heterocycles. The van der Waals surface area contributed by atoms with Crippen LogP contribution in [0.1, 0.15) is 22.8 Å². The number of rotatable bonds is 4. The first-order valence-electron chi connectivity index (χ1n) is 5.31. The van der Waals surface area contributed by atoms with Gasteiger partial charge < -0.3 is 16.4 Å². The van der Waals surface area contributed by atoms with E-state index in [4.69, 9.17) is 11.5 Å². The zero-order chi connectivity index (χ0) is 13.0. The van der Waals surface area contributed by atoms with E-state index in [1.54, 1.807) is 43.1 Å². The lowest BCUT2D eigenvalue weighted by molar-refractivity contribution is -0.131. The van der Waals surface area contributed by atoms with Crippen molar-refractivity contribution in [3.05, 3.63) is 35.4 Å². The third-order valence-corrected chi connectivity index (χ3v) is 2.42. The molecule has 0 fully saturated rings. The van der Waals surface area contributed by atoms with Gasteiger partial charge in [0.2, 0.25) is 11.8 Å². The normalized spacial score (nSPS) is 11.9. The number of primary amides is 1. The smallest absolute Gasteiger partial charge is 0.248 e. The van der Waals surface area contributed by atoms with E-state index < -0.39 is 11.9 Å². The minimum atomic E-state index is -0.509. The molecular weight excluding hydrogens is 218 g/mol. The van der Waals surface area contributed by atoms with Crippen molar-refractivity contribution in [3.63, 3.8) is 0 Å². The van der Waals surface area contributed by atoms with Crippen molar-refractivity contribution in [2.75, 3.05) is 7.05 Å². The molecule has 0 unspecified atom stereocenters. The van der Waals surface area contributed by atoms with Gasteiger partial charge in [0.15, 0.2) is 0 Å². The van der Waals surface area contributed by atoms with Crippen LogP contribution in [0.25, 0.3) is 0 Å². The van der Waals surface area contributed by atoms with Crippen LogP contribution in [0.5, 0.6) is 0 Å². The van der Waals surface area contributed by atoms with Crippen molar-refractivity contribution in [2.24, 2.45) is 11.5 Å². The van der Waals surface area contributed by atoms with Gasteiger partial charge in [-0.15, -0.1) is 0 Å². The van der Waals surface area contributed by atoms with Crippen molar-refractivity contribution in [1.82, 2.24) is 4.90 Å². The summed E-state index contributed by atoms with van der Waals surface area (Å²) in [6, 6.07) is 6.31. The van der Waals surface area contributed by atoms with Crippen molar-refractivity contribution < 1.29 is 9.59 Å².